The first-order valence-corrected chi connectivity index (χ1v) is 8.74. The molecule has 0 radical (unpaired) electrons. The number of amides is 1. The van der Waals surface area contributed by atoms with Crippen LogP contribution in [0.5, 0.6) is 5.75 Å². The molecule has 1 amide bonds. The van der Waals surface area contributed by atoms with Crippen molar-refractivity contribution < 1.29 is 19.2 Å². The SMILES string of the molecule is COc1ccc([C@](C)(O)[C@H]2CCCN2CC(=O)Nc2cc(C)no2)cc1. The molecule has 1 aliphatic heterocycles. The van der Waals surface area contributed by atoms with Crippen LogP contribution in [0.3, 0.4) is 0 Å². The van der Waals surface area contributed by atoms with Crippen molar-refractivity contribution in [1.82, 2.24) is 10.1 Å². The smallest absolute Gasteiger partial charge is 0.240 e. The molecular weight excluding hydrogens is 334 g/mol. The largest absolute Gasteiger partial charge is 0.497 e. The van der Waals surface area contributed by atoms with E-state index in [1.54, 1.807) is 27.0 Å². The fourth-order valence-electron chi connectivity index (χ4n) is 3.56. The van der Waals surface area contributed by atoms with E-state index < -0.39 is 5.60 Å². The van der Waals surface area contributed by atoms with E-state index in [1.165, 1.54) is 0 Å². The number of rotatable bonds is 6. The third-order valence-electron chi connectivity index (χ3n) is 4.92. The van der Waals surface area contributed by atoms with Crippen molar-refractivity contribution in [3.05, 3.63) is 41.6 Å². The normalized spacial score (nSPS) is 19.9. The van der Waals surface area contributed by atoms with E-state index in [0.29, 0.717) is 11.6 Å². The molecule has 7 heteroatoms. The molecule has 0 unspecified atom stereocenters. The fraction of sp³-hybridized carbons (Fsp3) is 0.474. The van der Waals surface area contributed by atoms with Crippen molar-refractivity contribution in [2.24, 2.45) is 0 Å². The molecular formula is C19H25N3O4. The third kappa shape index (κ3) is 3.89. The van der Waals surface area contributed by atoms with Crippen LogP contribution in [-0.2, 0) is 10.4 Å². The van der Waals surface area contributed by atoms with E-state index in [1.807, 2.05) is 29.2 Å². The summed E-state index contributed by atoms with van der Waals surface area (Å²) in [6.45, 7) is 4.55. The summed E-state index contributed by atoms with van der Waals surface area (Å²) >= 11 is 0. The van der Waals surface area contributed by atoms with Gasteiger partial charge in [0.1, 0.15) is 11.4 Å². The van der Waals surface area contributed by atoms with Crippen LogP contribution in [0.15, 0.2) is 34.9 Å². The van der Waals surface area contributed by atoms with Crippen LogP contribution in [0.4, 0.5) is 5.88 Å². The van der Waals surface area contributed by atoms with Crippen LogP contribution >= 0.6 is 0 Å². The maximum atomic E-state index is 12.3. The van der Waals surface area contributed by atoms with E-state index in [4.69, 9.17) is 9.26 Å². The molecule has 2 aromatic rings. The highest BCUT2D eigenvalue weighted by Gasteiger charge is 2.41. The van der Waals surface area contributed by atoms with Gasteiger partial charge in [0.05, 0.1) is 19.3 Å². The molecule has 2 N–H and O–H groups in total. The second-order valence-electron chi connectivity index (χ2n) is 6.89. The molecule has 0 bridgehead atoms. The number of nitrogens with one attached hydrogen (secondary N) is 1. The number of nitrogens with zero attached hydrogens (tertiary/aromatic N) is 2. The summed E-state index contributed by atoms with van der Waals surface area (Å²) in [6.07, 6.45) is 1.76. The molecule has 2 heterocycles. The number of ether oxygens (including phenoxy) is 1. The Morgan fingerprint density at radius 2 is 2.19 bits per heavy atom. The first-order valence-electron chi connectivity index (χ1n) is 8.74. The minimum atomic E-state index is -1.06. The molecule has 140 valence electrons. The number of hydrogen-bond donors (Lipinski definition) is 2. The highest BCUT2D eigenvalue weighted by molar-refractivity contribution is 5.91. The highest BCUT2D eigenvalue weighted by Crippen LogP contribution is 2.35. The molecule has 3 rings (SSSR count). The van der Waals surface area contributed by atoms with Crippen molar-refractivity contribution >= 4 is 11.8 Å². The second kappa shape index (κ2) is 7.47. The number of aromatic nitrogens is 1. The average molecular weight is 359 g/mol. The van der Waals surface area contributed by atoms with Crippen LogP contribution in [0.1, 0.15) is 31.0 Å². The molecule has 0 saturated carbocycles. The monoisotopic (exact) mass is 359 g/mol. The second-order valence-corrected chi connectivity index (χ2v) is 6.89. The van der Waals surface area contributed by atoms with Gasteiger partial charge in [-0.2, -0.15) is 0 Å². The molecule has 1 aromatic carbocycles. The maximum Gasteiger partial charge on any atom is 0.240 e. The number of aryl methyl sites for hydroxylation is 1. The lowest BCUT2D eigenvalue weighted by molar-refractivity contribution is -0.119. The lowest BCUT2D eigenvalue weighted by Gasteiger charge is -2.36. The number of hydrogen-bond acceptors (Lipinski definition) is 6. The number of carbonyl (C=O) groups is 1. The summed E-state index contributed by atoms with van der Waals surface area (Å²) in [7, 11) is 1.61. The Balaban J connectivity index is 1.68. The third-order valence-corrected chi connectivity index (χ3v) is 4.92. The van der Waals surface area contributed by atoms with E-state index >= 15 is 0 Å². The zero-order valence-corrected chi connectivity index (χ0v) is 15.4. The maximum absolute atomic E-state index is 12.3. The Bertz CT molecular complexity index is 754. The lowest BCUT2D eigenvalue weighted by Crippen LogP contribution is -2.48. The number of anilines is 1. The van der Waals surface area contributed by atoms with Crippen molar-refractivity contribution in [3.8, 4) is 5.75 Å². The fourth-order valence-corrected chi connectivity index (χ4v) is 3.56. The van der Waals surface area contributed by atoms with Crippen LogP contribution in [0.25, 0.3) is 0 Å². The van der Waals surface area contributed by atoms with Gasteiger partial charge in [-0.1, -0.05) is 17.3 Å². The number of carbonyl (C=O) groups excluding carboxylic acids is 1. The van der Waals surface area contributed by atoms with Gasteiger partial charge < -0.3 is 14.4 Å². The van der Waals surface area contributed by atoms with Crippen LogP contribution in [-0.4, -0.2) is 47.3 Å². The number of likely N-dealkylation sites (tertiary alicyclic amines) is 1. The molecule has 1 aliphatic rings. The van der Waals surface area contributed by atoms with Crippen molar-refractivity contribution in [2.45, 2.75) is 38.3 Å². The van der Waals surface area contributed by atoms with Crippen molar-refractivity contribution in [1.29, 1.82) is 0 Å². The molecule has 2 atom stereocenters. The Morgan fingerprint density at radius 1 is 1.46 bits per heavy atom. The van der Waals surface area contributed by atoms with Gasteiger partial charge in [0.2, 0.25) is 11.8 Å². The van der Waals surface area contributed by atoms with Crippen LogP contribution in [0.2, 0.25) is 0 Å². The van der Waals surface area contributed by atoms with Gasteiger partial charge in [-0.15, -0.1) is 0 Å². The van der Waals surface area contributed by atoms with E-state index in [0.717, 1.165) is 30.7 Å². The summed E-state index contributed by atoms with van der Waals surface area (Å²) in [5, 5.41) is 17.6. The summed E-state index contributed by atoms with van der Waals surface area (Å²) < 4.78 is 10.2. The van der Waals surface area contributed by atoms with Gasteiger partial charge in [-0.05, 0) is 50.9 Å². The van der Waals surface area contributed by atoms with Gasteiger partial charge in [0.25, 0.3) is 0 Å². The lowest BCUT2D eigenvalue weighted by atomic mass is 9.86. The van der Waals surface area contributed by atoms with Gasteiger partial charge in [0.15, 0.2) is 0 Å². The number of methoxy groups -OCH3 is 1. The number of benzene rings is 1. The molecule has 7 nitrogen and oxygen atoms in total. The molecule has 1 saturated heterocycles. The summed E-state index contributed by atoms with van der Waals surface area (Å²) in [5.41, 5.74) is 0.453. The van der Waals surface area contributed by atoms with Crippen LogP contribution in [0, 0.1) is 6.92 Å². The zero-order chi connectivity index (χ0) is 18.7. The Kier molecular flexibility index (Phi) is 5.29. The van der Waals surface area contributed by atoms with Gasteiger partial charge in [-0.3, -0.25) is 15.0 Å². The van der Waals surface area contributed by atoms with Gasteiger partial charge in [-0.25, -0.2) is 0 Å². The molecule has 0 aliphatic carbocycles. The first kappa shape index (κ1) is 18.4. The van der Waals surface area contributed by atoms with Gasteiger partial charge in [0, 0.05) is 12.1 Å². The summed E-state index contributed by atoms with van der Waals surface area (Å²) in [5.74, 6) is 0.901. The standard InChI is InChI=1S/C19H25N3O4/c1-13-11-18(26-21-13)20-17(23)12-22-10-4-5-16(22)19(2,24)14-6-8-15(25-3)9-7-14/h6-9,11,16,24H,4-5,10,12H2,1-3H3,(H,20,23)/t16-,19+/m1/s1. The van der Waals surface area contributed by atoms with Crippen LogP contribution < -0.4 is 10.1 Å². The van der Waals surface area contributed by atoms with Crippen molar-refractivity contribution in [3.63, 3.8) is 0 Å². The summed E-state index contributed by atoms with van der Waals surface area (Å²) in [6, 6.07) is 8.94. The quantitative estimate of drug-likeness (QED) is 0.823. The van der Waals surface area contributed by atoms with E-state index in [2.05, 4.69) is 10.5 Å². The molecule has 1 fully saturated rings. The van der Waals surface area contributed by atoms with E-state index in [9.17, 15) is 9.90 Å². The predicted molar refractivity (Wildman–Crippen MR) is 97.0 cm³/mol. The highest BCUT2D eigenvalue weighted by atomic mass is 16.5. The Labute approximate surface area is 152 Å². The minimum absolute atomic E-state index is 0.141. The molecule has 0 spiro atoms. The topological polar surface area (TPSA) is 87.8 Å². The molecule has 1 aromatic heterocycles. The predicted octanol–water partition coefficient (Wildman–Crippen LogP) is 2.30. The number of aliphatic hydroxyl groups is 1. The Morgan fingerprint density at radius 3 is 2.81 bits per heavy atom. The zero-order valence-electron chi connectivity index (χ0n) is 15.4. The summed E-state index contributed by atoms with van der Waals surface area (Å²) in [4.78, 5) is 14.3. The average Bonchev–Trinajstić information content (AvgIpc) is 3.24. The van der Waals surface area contributed by atoms with Crippen molar-refractivity contribution in [2.75, 3.05) is 25.5 Å². The van der Waals surface area contributed by atoms with Gasteiger partial charge >= 0.3 is 0 Å². The minimum Gasteiger partial charge on any atom is -0.497 e. The first-order chi connectivity index (χ1) is 12.4. The Hall–Kier alpha value is -2.38. The molecule has 26 heavy (non-hydrogen) atoms. The van der Waals surface area contributed by atoms with E-state index in [-0.39, 0.29) is 18.5 Å².